The number of aliphatic imine (C=N–C) groups is 1. The first-order chi connectivity index (χ1) is 10.2. The van der Waals surface area contributed by atoms with Gasteiger partial charge in [-0.2, -0.15) is 0 Å². The molecule has 1 N–H and O–H groups in total. The Hall–Kier alpha value is -0.820. The minimum atomic E-state index is -3.12. The number of sulfone groups is 1. The molecular weight excluding hydrogens is 302 g/mol. The van der Waals surface area contributed by atoms with Crippen molar-refractivity contribution in [2.24, 2.45) is 10.9 Å². The Morgan fingerprint density at radius 3 is 2.64 bits per heavy atom. The maximum Gasteiger partial charge on any atom is 0.193 e. The number of ether oxygens (including phenoxy) is 1. The molecule has 1 unspecified atom stereocenters. The molecule has 22 heavy (non-hydrogen) atoms. The monoisotopic (exact) mass is 333 g/mol. The van der Waals surface area contributed by atoms with Crippen LogP contribution < -0.4 is 5.32 Å². The second-order valence-electron chi connectivity index (χ2n) is 6.72. The van der Waals surface area contributed by atoms with Crippen molar-refractivity contribution in [2.75, 3.05) is 45.6 Å². The standard InChI is InChI=1S/C15H31N3O3S/c1-6-16-14(18-9-7-13(11-18)12-21-5)17-8-10-22(19,20)15(2,3)4/h13H,6-12H2,1-5H3,(H,16,17). The molecule has 0 bridgehead atoms. The SMILES string of the molecule is CCNC(=NCCS(=O)(=O)C(C)(C)C)N1CCC(COC)C1. The molecular formula is C15H31N3O3S. The molecule has 1 aliphatic heterocycles. The summed E-state index contributed by atoms with van der Waals surface area (Å²) in [5.41, 5.74) is 0. The lowest BCUT2D eigenvalue weighted by atomic mass is 10.1. The maximum atomic E-state index is 12.1. The van der Waals surface area contributed by atoms with Crippen LogP contribution in [0.5, 0.6) is 0 Å². The smallest absolute Gasteiger partial charge is 0.193 e. The summed E-state index contributed by atoms with van der Waals surface area (Å²) < 4.78 is 28.7. The zero-order chi connectivity index (χ0) is 16.8. The molecule has 1 aliphatic rings. The van der Waals surface area contributed by atoms with Crippen molar-refractivity contribution in [3.8, 4) is 0 Å². The van der Waals surface area contributed by atoms with E-state index in [4.69, 9.17) is 4.74 Å². The van der Waals surface area contributed by atoms with Gasteiger partial charge in [-0.3, -0.25) is 4.99 Å². The number of rotatable bonds is 6. The minimum absolute atomic E-state index is 0.0841. The van der Waals surface area contributed by atoms with E-state index in [-0.39, 0.29) is 5.75 Å². The fourth-order valence-corrected chi connectivity index (χ4v) is 3.34. The van der Waals surface area contributed by atoms with Crippen LogP contribution in [0.4, 0.5) is 0 Å². The minimum Gasteiger partial charge on any atom is -0.384 e. The molecule has 0 aliphatic carbocycles. The lowest BCUT2D eigenvalue weighted by molar-refractivity contribution is 0.157. The number of methoxy groups -OCH3 is 1. The van der Waals surface area contributed by atoms with Gasteiger partial charge in [0.1, 0.15) is 0 Å². The van der Waals surface area contributed by atoms with Crippen LogP contribution in [0.15, 0.2) is 4.99 Å². The highest BCUT2D eigenvalue weighted by Gasteiger charge is 2.29. The Labute approximate surface area is 135 Å². The predicted octanol–water partition coefficient (Wildman–Crippen LogP) is 1.13. The van der Waals surface area contributed by atoms with Gasteiger partial charge >= 0.3 is 0 Å². The van der Waals surface area contributed by atoms with E-state index in [0.717, 1.165) is 38.6 Å². The average molecular weight is 333 g/mol. The third-order valence-corrected chi connectivity index (χ3v) is 6.46. The van der Waals surface area contributed by atoms with Gasteiger partial charge in [-0.1, -0.05) is 0 Å². The molecule has 0 aromatic rings. The van der Waals surface area contributed by atoms with Crippen molar-refractivity contribution in [3.05, 3.63) is 0 Å². The number of nitrogens with one attached hydrogen (secondary N) is 1. The van der Waals surface area contributed by atoms with Crippen LogP contribution in [0, 0.1) is 5.92 Å². The molecule has 1 rings (SSSR count). The van der Waals surface area contributed by atoms with Crippen LogP contribution in [0.2, 0.25) is 0 Å². The zero-order valence-corrected chi connectivity index (χ0v) is 15.4. The number of nitrogens with zero attached hydrogens (tertiary/aromatic N) is 2. The molecule has 0 aromatic carbocycles. The van der Waals surface area contributed by atoms with Crippen molar-refractivity contribution in [1.82, 2.24) is 10.2 Å². The van der Waals surface area contributed by atoms with Gasteiger partial charge in [0.05, 0.1) is 23.7 Å². The van der Waals surface area contributed by atoms with E-state index in [1.54, 1.807) is 27.9 Å². The summed E-state index contributed by atoms with van der Waals surface area (Å²) in [5.74, 6) is 1.41. The summed E-state index contributed by atoms with van der Waals surface area (Å²) in [4.78, 5) is 6.69. The summed E-state index contributed by atoms with van der Waals surface area (Å²) in [6, 6.07) is 0. The van der Waals surface area contributed by atoms with E-state index in [0.29, 0.717) is 12.5 Å². The first-order valence-electron chi connectivity index (χ1n) is 7.95. The number of likely N-dealkylation sites (tertiary alicyclic amines) is 1. The quantitative estimate of drug-likeness (QED) is 0.583. The first-order valence-corrected chi connectivity index (χ1v) is 9.61. The molecule has 1 heterocycles. The zero-order valence-electron chi connectivity index (χ0n) is 14.6. The first kappa shape index (κ1) is 19.2. The normalized spacial score (nSPS) is 20.5. The topological polar surface area (TPSA) is 71.0 Å². The lowest BCUT2D eigenvalue weighted by Gasteiger charge is -2.22. The molecule has 1 atom stereocenters. The predicted molar refractivity (Wildman–Crippen MR) is 91.1 cm³/mol. The average Bonchev–Trinajstić information content (AvgIpc) is 2.85. The summed E-state index contributed by atoms with van der Waals surface area (Å²) in [6.45, 7) is 10.9. The molecule has 7 heteroatoms. The van der Waals surface area contributed by atoms with Gasteiger partial charge in [0, 0.05) is 32.7 Å². The second kappa shape index (κ2) is 8.15. The number of hydrogen-bond donors (Lipinski definition) is 1. The molecule has 130 valence electrons. The van der Waals surface area contributed by atoms with Crippen LogP contribution in [-0.2, 0) is 14.6 Å². The number of guanidine groups is 1. The largest absolute Gasteiger partial charge is 0.384 e. The van der Waals surface area contributed by atoms with Gasteiger partial charge < -0.3 is 15.0 Å². The lowest BCUT2D eigenvalue weighted by Crippen LogP contribution is -2.41. The van der Waals surface area contributed by atoms with Gasteiger partial charge in [-0.25, -0.2) is 8.42 Å². The van der Waals surface area contributed by atoms with Gasteiger partial charge in [0.15, 0.2) is 15.8 Å². The molecule has 6 nitrogen and oxygen atoms in total. The van der Waals surface area contributed by atoms with E-state index in [9.17, 15) is 8.42 Å². The van der Waals surface area contributed by atoms with Crippen molar-refractivity contribution in [3.63, 3.8) is 0 Å². The van der Waals surface area contributed by atoms with Gasteiger partial charge in [-0.05, 0) is 34.1 Å². The fraction of sp³-hybridized carbons (Fsp3) is 0.933. The molecule has 0 amide bonds. The highest BCUT2D eigenvalue weighted by molar-refractivity contribution is 7.92. The van der Waals surface area contributed by atoms with Crippen LogP contribution in [0.3, 0.4) is 0 Å². The molecule has 1 saturated heterocycles. The molecule has 0 saturated carbocycles. The van der Waals surface area contributed by atoms with Gasteiger partial charge in [0.2, 0.25) is 0 Å². The van der Waals surface area contributed by atoms with E-state index in [1.165, 1.54) is 0 Å². The Kier molecular flexibility index (Phi) is 7.12. The van der Waals surface area contributed by atoms with Gasteiger partial charge in [0.25, 0.3) is 0 Å². The van der Waals surface area contributed by atoms with Crippen molar-refractivity contribution < 1.29 is 13.2 Å². The molecule has 0 radical (unpaired) electrons. The van der Waals surface area contributed by atoms with E-state index in [2.05, 4.69) is 15.2 Å². The van der Waals surface area contributed by atoms with Crippen molar-refractivity contribution >= 4 is 15.8 Å². The highest BCUT2D eigenvalue weighted by Crippen LogP contribution is 2.17. The van der Waals surface area contributed by atoms with Gasteiger partial charge in [-0.15, -0.1) is 0 Å². The van der Waals surface area contributed by atoms with E-state index in [1.807, 2.05) is 6.92 Å². The Balaban J connectivity index is 2.64. The Morgan fingerprint density at radius 2 is 2.09 bits per heavy atom. The molecule has 1 fully saturated rings. The molecule has 0 spiro atoms. The summed E-state index contributed by atoms with van der Waals surface area (Å²) in [5, 5.41) is 3.25. The van der Waals surface area contributed by atoms with Crippen LogP contribution in [0.25, 0.3) is 0 Å². The third-order valence-electron chi connectivity index (χ3n) is 3.88. The van der Waals surface area contributed by atoms with Crippen molar-refractivity contribution in [2.45, 2.75) is 38.9 Å². The fourth-order valence-electron chi connectivity index (χ4n) is 2.40. The number of hydrogen-bond acceptors (Lipinski definition) is 4. The van der Waals surface area contributed by atoms with E-state index >= 15 is 0 Å². The third kappa shape index (κ3) is 5.43. The summed E-state index contributed by atoms with van der Waals surface area (Å²) >= 11 is 0. The highest BCUT2D eigenvalue weighted by atomic mass is 32.2. The van der Waals surface area contributed by atoms with Crippen LogP contribution in [0.1, 0.15) is 34.1 Å². The maximum absolute atomic E-state index is 12.1. The van der Waals surface area contributed by atoms with Crippen molar-refractivity contribution in [1.29, 1.82) is 0 Å². The summed E-state index contributed by atoms with van der Waals surface area (Å²) in [7, 11) is -1.40. The Morgan fingerprint density at radius 1 is 1.41 bits per heavy atom. The Bertz CT molecular complexity index is 469. The van der Waals surface area contributed by atoms with E-state index < -0.39 is 14.6 Å². The molecule has 0 aromatic heterocycles. The van der Waals surface area contributed by atoms with Crippen LogP contribution >= 0.6 is 0 Å². The summed E-state index contributed by atoms with van der Waals surface area (Å²) in [6.07, 6.45) is 1.08. The second-order valence-corrected chi connectivity index (χ2v) is 9.59. The van der Waals surface area contributed by atoms with Crippen LogP contribution in [-0.4, -0.2) is 69.7 Å².